The summed E-state index contributed by atoms with van der Waals surface area (Å²) in [4.78, 5) is 18.0. The Balaban J connectivity index is 1.59. The standard InChI is InChI=1S/C22H23BrN2OS/c1-14(2)17-7-4-16(5-8-17)6-13-20(26)24-22-25-21(15(3)27-22)18-9-11-19(23)12-10-18/h4-5,7-12,14H,6,13H2,1-3H3,(H,24,25,26). The zero-order chi connectivity index (χ0) is 19.4. The summed E-state index contributed by atoms with van der Waals surface area (Å²) in [5.74, 6) is 0.523. The zero-order valence-corrected chi connectivity index (χ0v) is 18.2. The van der Waals surface area contributed by atoms with Gasteiger partial charge < -0.3 is 5.32 Å². The molecule has 0 bridgehead atoms. The van der Waals surface area contributed by atoms with Crippen LogP contribution in [0.1, 0.15) is 42.2 Å². The van der Waals surface area contributed by atoms with Crippen molar-refractivity contribution in [2.75, 3.05) is 5.32 Å². The highest BCUT2D eigenvalue weighted by Gasteiger charge is 2.12. The molecule has 5 heteroatoms. The third-order valence-corrected chi connectivity index (χ3v) is 5.86. The second kappa shape index (κ2) is 8.81. The van der Waals surface area contributed by atoms with Gasteiger partial charge in [-0.05, 0) is 42.5 Å². The quantitative estimate of drug-likeness (QED) is 0.468. The van der Waals surface area contributed by atoms with E-state index in [9.17, 15) is 4.79 Å². The topological polar surface area (TPSA) is 42.0 Å². The molecule has 0 saturated carbocycles. The van der Waals surface area contributed by atoms with E-state index in [1.165, 1.54) is 22.5 Å². The minimum absolute atomic E-state index is 0.000887. The number of benzene rings is 2. The van der Waals surface area contributed by atoms with Crippen LogP contribution < -0.4 is 5.32 Å². The number of aromatic nitrogens is 1. The van der Waals surface area contributed by atoms with Crippen molar-refractivity contribution in [2.45, 2.75) is 39.5 Å². The van der Waals surface area contributed by atoms with Gasteiger partial charge in [-0.15, -0.1) is 11.3 Å². The van der Waals surface area contributed by atoms with Crippen molar-refractivity contribution in [1.82, 2.24) is 4.98 Å². The second-order valence-electron chi connectivity index (χ2n) is 6.88. The monoisotopic (exact) mass is 442 g/mol. The minimum Gasteiger partial charge on any atom is -0.302 e. The van der Waals surface area contributed by atoms with Crippen LogP contribution in [0.4, 0.5) is 5.13 Å². The normalized spacial score (nSPS) is 11.0. The molecule has 0 spiro atoms. The van der Waals surface area contributed by atoms with E-state index < -0.39 is 0 Å². The molecule has 1 N–H and O–H groups in total. The van der Waals surface area contributed by atoms with Crippen LogP contribution in [0.25, 0.3) is 11.3 Å². The average molecular weight is 443 g/mol. The van der Waals surface area contributed by atoms with E-state index in [0.29, 0.717) is 17.5 Å². The third-order valence-electron chi connectivity index (χ3n) is 4.45. The van der Waals surface area contributed by atoms with Crippen LogP contribution in [0.15, 0.2) is 53.0 Å². The number of nitrogens with one attached hydrogen (secondary N) is 1. The van der Waals surface area contributed by atoms with E-state index in [0.717, 1.165) is 27.0 Å². The number of carbonyl (C=O) groups excluding carboxylic acids is 1. The number of nitrogens with zero attached hydrogens (tertiary/aromatic N) is 1. The SMILES string of the molecule is Cc1sc(NC(=O)CCc2ccc(C(C)C)cc2)nc1-c1ccc(Br)cc1. The predicted molar refractivity (Wildman–Crippen MR) is 117 cm³/mol. The number of rotatable bonds is 6. The first-order valence-corrected chi connectivity index (χ1v) is 10.7. The molecule has 3 nitrogen and oxygen atoms in total. The Hall–Kier alpha value is -1.98. The molecule has 0 radical (unpaired) electrons. The number of halogens is 1. The number of thiazole rings is 1. The van der Waals surface area contributed by atoms with Crippen LogP contribution in [0.5, 0.6) is 0 Å². The summed E-state index contributed by atoms with van der Waals surface area (Å²) in [7, 11) is 0. The molecule has 0 unspecified atom stereocenters. The first kappa shape index (κ1) is 19.8. The van der Waals surface area contributed by atoms with Crippen LogP contribution >= 0.6 is 27.3 Å². The van der Waals surface area contributed by atoms with Crippen molar-refractivity contribution in [3.8, 4) is 11.3 Å². The molecule has 1 heterocycles. The Bertz CT molecular complexity index is 914. The summed E-state index contributed by atoms with van der Waals surface area (Å²) in [5, 5.41) is 3.60. The predicted octanol–water partition coefficient (Wildman–Crippen LogP) is 6.58. The number of hydrogen-bond donors (Lipinski definition) is 1. The first-order chi connectivity index (χ1) is 12.9. The maximum absolute atomic E-state index is 12.3. The Morgan fingerprint density at radius 3 is 2.41 bits per heavy atom. The van der Waals surface area contributed by atoms with Crippen molar-refractivity contribution in [1.29, 1.82) is 0 Å². The van der Waals surface area contributed by atoms with Gasteiger partial charge in [0.05, 0.1) is 5.69 Å². The largest absolute Gasteiger partial charge is 0.302 e. The smallest absolute Gasteiger partial charge is 0.226 e. The molecule has 0 aliphatic heterocycles. The lowest BCUT2D eigenvalue weighted by atomic mass is 10.0. The molecule has 1 amide bonds. The second-order valence-corrected chi connectivity index (χ2v) is 8.99. The Morgan fingerprint density at radius 2 is 1.78 bits per heavy atom. The molecule has 0 aliphatic carbocycles. The Labute approximate surface area is 173 Å². The maximum Gasteiger partial charge on any atom is 0.226 e. The van der Waals surface area contributed by atoms with Gasteiger partial charge in [-0.3, -0.25) is 4.79 Å². The highest BCUT2D eigenvalue weighted by atomic mass is 79.9. The summed E-state index contributed by atoms with van der Waals surface area (Å²) in [5.41, 5.74) is 4.48. The van der Waals surface area contributed by atoms with E-state index in [2.05, 4.69) is 64.3 Å². The minimum atomic E-state index is -0.000887. The van der Waals surface area contributed by atoms with E-state index in [1.54, 1.807) is 0 Å². The lowest BCUT2D eigenvalue weighted by molar-refractivity contribution is -0.116. The summed E-state index contributed by atoms with van der Waals surface area (Å²) in [6, 6.07) is 16.6. The molecule has 3 aromatic rings. The Morgan fingerprint density at radius 1 is 1.11 bits per heavy atom. The van der Waals surface area contributed by atoms with Gasteiger partial charge >= 0.3 is 0 Å². The van der Waals surface area contributed by atoms with E-state index >= 15 is 0 Å². The molecule has 0 atom stereocenters. The maximum atomic E-state index is 12.3. The molecule has 0 aliphatic rings. The number of hydrogen-bond acceptors (Lipinski definition) is 3. The summed E-state index contributed by atoms with van der Waals surface area (Å²) in [6.45, 7) is 6.39. The van der Waals surface area contributed by atoms with Gasteiger partial charge in [0.15, 0.2) is 5.13 Å². The number of carbonyl (C=O) groups is 1. The number of amides is 1. The number of aryl methyl sites for hydroxylation is 2. The van der Waals surface area contributed by atoms with Crippen molar-refractivity contribution in [2.24, 2.45) is 0 Å². The number of anilines is 1. The lowest BCUT2D eigenvalue weighted by Gasteiger charge is -2.07. The molecular formula is C22H23BrN2OS. The van der Waals surface area contributed by atoms with Gasteiger partial charge in [-0.2, -0.15) is 0 Å². The van der Waals surface area contributed by atoms with E-state index in [4.69, 9.17) is 0 Å². The molecule has 27 heavy (non-hydrogen) atoms. The fourth-order valence-electron chi connectivity index (χ4n) is 2.83. The third kappa shape index (κ3) is 5.27. The van der Waals surface area contributed by atoms with Crippen molar-refractivity contribution in [3.63, 3.8) is 0 Å². The van der Waals surface area contributed by atoms with Crippen LogP contribution in [-0.2, 0) is 11.2 Å². The van der Waals surface area contributed by atoms with Gasteiger partial charge in [0, 0.05) is 21.3 Å². The van der Waals surface area contributed by atoms with E-state index in [1.807, 2.05) is 31.2 Å². The van der Waals surface area contributed by atoms with Crippen molar-refractivity contribution >= 4 is 38.3 Å². The summed E-state index contributed by atoms with van der Waals surface area (Å²) >= 11 is 4.96. The molecular weight excluding hydrogens is 420 g/mol. The fraction of sp³-hybridized carbons (Fsp3) is 0.273. The van der Waals surface area contributed by atoms with Gasteiger partial charge in [-0.1, -0.05) is 66.2 Å². The van der Waals surface area contributed by atoms with Gasteiger partial charge in [0.25, 0.3) is 0 Å². The van der Waals surface area contributed by atoms with Crippen molar-refractivity contribution < 1.29 is 4.79 Å². The average Bonchev–Trinajstić information content (AvgIpc) is 3.01. The van der Waals surface area contributed by atoms with Crippen LogP contribution in [0, 0.1) is 6.92 Å². The fourth-order valence-corrected chi connectivity index (χ4v) is 3.95. The molecule has 0 fully saturated rings. The van der Waals surface area contributed by atoms with Crippen molar-refractivity contribution in [3.05, 3.63) is 69.0 Å². The first-order valence-electron chi connectivity index (χ1n) is 9.04. The van der Waals surface area contributed by atoms with Crippen LogP contribution in [0.3, 0.4) is 0 Å². The summed E-state index contributed by atoms with van der Waals surface area (Å²) < 4.78 is 1.04. The lowest BCUT2D eigenvalue weighted by Crippen LogP contribution is -2.12. The summed E-state index contributed by atoms with van der Waals surface area (Å²) in [6.07, 6.45) is 1.18. The molecule has 0 saturated heterocycles. The van der Waals surface area contributed by atoms with Gasteiger partial charge in [0.1, 0.15) is 0 Å². The van der Waals surface area contributed by atoms with Crippen LogP contribution in [-0.4, -0.2) is 10.9 Å². The van der Waals surface area contributed by atoms with Crippen LogP contribution in [0.2, 0.25) is 0 Å². The van der Waals surface area contributed by atoms with Gasteiger partial charge in [-0.25, -0.2) is 4.98 Å². The molecule has 1 aromatic heterocycles. The molecule has 2 aromatic carbocycles. The highest BCUT2D eigenvalue weighted by molar-refractivity contribution is 9.10. The molecule has 140 valence electrons. The Kier molecular flexibility index (Phi) is 6.45. The molecule has 3 rings (SSSR count). The highest BCUT2D eigenvalue weighted by Crippen LogP contribution is 2.31. The van der Waals surface area contributed by atoms with E-state index in [-0.39, 0.29) is 5.91 Å². The van der Waals surface area contributed by atoms with Gasteiger partial charge in [0.2, 0.25) is 5.91 Å². The zero-order valence-electron chi connectivity index (χ0n) is 15.8.